The molecule has 1 atom stereocenters. The number of esters is 1. The molecule has 9 nitrogen and oxygen atoms in total. The lowest BCUT2D eigenvalue weighted by Crippen LogP contribution is -2.39. The Morgan fingerprint density at radius 2 is 1.70 bits per heavy atom. The van der Waals surface area contributed by atoms with Crippen molar-refractivity contribution < 1.29 is 28.5 Å². The minimum Gasteiger partial charge on any atom is -0.490 e. The predicted molar refractivity (Wildman–Crippen MR) is 186 cm³/mol. The van der Waals surface area contributed by atoms with Crippen LogP contribution in [0.25, 0.3) is 6.08 Å². The summed E-state index contributed by atoms with van der Waals surface area (Å²) in [7, 11) is 1.30. The van der Waals surface area contributed by atoms with Crippen LogP contribution in [0.3, 0.4) is 0 Å². The zero-order chi connectivity index (χ0) is 32.8. The Morgan fingerprint density at radius 1 is 0.978 bits per heavy atom. The first-order chi connectivity index (χ1) is 22.3. The summed E-state index contributed by atoms with van der Waals surface area (Å²) in [6.45, 7) is 7.23. The SMILES string of the molecule is CCOc1ccc([C@@H]2C(C(=O)OC)=CN=c3s/c(=C/c4cc(I)c(OCc5ccccc5Cl)c(OCC)c4)c(=O)n32)cc1OCC. The van der Waals surface area contributed by atoms with E-state index in [1.54, 1.807) is 18.2 Å². The smallest absolute Gasteiger partial charge is 0.337 e. The van der Waals surface area contributed by atoms with Crippen LogP contribution in [0.2, 0.25) is 5.02 Å². The van der Waals surface area contributed by atoms with E-state index in [-0.39, 0.29) is 17.7 Å². The van der Waals surface area contributed by atoms with Crippen LogP contribution < -0.4 is 33.8 Å². The van der Waals surface area contributed by atoms with Crippen LogP contribution in [-0.2, 0) is 16.1 Å². The Bertz CT molecular complexity index is 1970. The van der Waals surface area contributed by atoms with Crippen LogP contribution in [0, 0.1) is 3.57 Å². The molecule has 0 fully saturated rings. The second kappa shape index (κ2) is 15.2. The number of hydrogen-bond acceptors (Lipinski definition) is 9. The molecule has 1 aromatic heterocycles. The van der Waals surface area contributed by atoms with Gasteiger partial charge in [-0.2, -0.15) is 0 Å². The molecule has 1 aliphatic rings. The van der Waals surface area contributed by atoms with Crippen LogP contribution in [0.15, 0.2) is 76.2 Å². The molecule has 0 unspecified atom stereocenters. The van der Waals surface area contributed by atoms with Gasteiger partial charge in [0.15, 0.2) is 27.8 Å². The zero-order valence-corrected chi connectivity index (χ0v) is 29.4. The third kappa shape index (κ3) is 7.11. The lowest BCUT2D eigenvalue weighted by molar-refractivity contribution is -0.136. The van der Waals surface area contributed by atoms with Crippen LogP contribution in [-0.4, -0.2) is 37.5 Å². The van der Waals surface area contributed by atoms with Gasteiger partial charge < -0.3 is 23.7 Å². The van der Waals surface area contributed by atoms with Gasteiger partial charge in [-0.05, 0) is 90.9 Å². The first kappa shape index (κ1) is 33.6. The first-order valence-corrected chi connectivity index (χ1v) is 16.9. The first-order valence-electron chi connectivity index (χ1n) is 14.6. The lowest BCUT2D eigenvalue weighted by Gasteiger charge is -2.23. The number of fused-ring (bicyclic) bond motifs is 1. The molecule has 1 aliphatic heterocycles. The van der Waals surface area contributed by atoms with E-state index in [1.165, 1.54) is 29.2 Å². The Kier molecular flexibility index (Phi) is 11.1. The Morgan fingerprint density at radius 3 is 2.41 bits per heavy atom. The monoisotopic (exact) mass is 774 g/mol. The molecule has 0 aliphatic carbocycles. The summed E-state index contributed by atoms with van der Waals surface area (Å²) in [5.74, 6) is 1.63. The molecule has 3 aromatic carbocycles. The van der Waals surface area contributed by atoms with Crippen molar-refractivity contribution in [2.24, 2.45) is 4.99 Å². The average Bonchev–Trinajstić information content (AvgIpc) is 3.36. The molecule has 12 heteroatoms. The summed E-state index contributed by atoms with van der Waals surface area (Å²) < 4.78 is 31.5. The third-order valence-electron chi connectivity index (χ3n) is 6.97. The highest BCUT2D eigenvalue weighted by molar-refractivity contribution is 14.1. The summed E-state index contributed by atoms with van der Waals surface area (Å²) >= 11 is 9.76. The molecule has 0 amide bonds. The number of rotatable bonds is 12. The Labute approximate surface area is 288 Å². The molecule has 5 rings (SSSR count). The molecule has 46 heavy (non-hydrogen) atoms. The van der Waals surface area contributed by atoms with Gasteiger partial charge in [0, 0.05) is 16.8 Å². The molecular weight excluding hydrogens is 743 g/mol. The van der Waals surface area contributed by atoms with Crippen LogP contribution in [0.5, 0.6) is 23.0 Å². The van der Waals surface area contributed by atoms with E-state index in [4.69, 9.17) is 35.3 Å². The summed E-state index contributed by atoms with van der Waals surface area (Å²) in [6, 6.07) is 15.9. The van der Waals surface area contributed by atoms with Crippen LogP contribution in [0.4, 0.5) is 0 Å². The number of aromatic nitrogens is 1. The molecule has 0 spiro atoms. The molecule has 2 heterocycles. The summed E-state index contributed by atoms with van der Waals surface area (Å²) in [5, 5.41) is 0.621. The maximum Gasteiger partial charge on any atom is 0.337 e. The highest BCUT2D eigenvalue weighted by Gasteiger charge is 2.31. The van der Waals surface area contributed by atoms with E-state index in [0.717, 1.165) is 14.7 Å². The van der Waals surface area contributed by atoms with Gasteiger partial charge >= 0.3 is 5.97 Å². The highest BCUT2D eigenvalue weighted by atomic mass is 127. The fourth-order valence-electron chi connectivity index (χ4n) is 4.98. The van der Waals surface area contributed by atoms with E-state index >= 15 is 0 Å². The number of thiazole rings is 1. The summed E-state index contributed by atoms with van der Waals surface area (Å²) in [4.78, 5) is 31.9. The van der Waals surface area contributed by atoms with Crippen molar-refractivity contribution in [3.05, 3.63) is 111 Å². The van der Waals surface area contributed by atoms with E-state index in [9.17, 15) is 9.59 Å². The molecule has 4 aromatic rings. The second-order valence-corrected chi connectivity index (χ2v) is 12.5. The number of methoxy groups -OCH3 is 1. The number of carbonyl (C=O) groups is 1. The second-order valence-electron chi connectivity index (χ2n) is 9.89. The maximum absolute atomic E-state index is 14.1. The van der Waals surface area contributed by atoms with Crippen LogP contribution in [0.1, 0.15) is 43.5 Å². The molecule has 240 valence electrons. The number of nitrogens with zero attached hydrogens (tertiary/aromatic N) is 2. The van der Waals surface area contributed by atoms with Crippen molar-refractivity contribution in [1.82, 2.24) is 4.57 Å². The number of halogens is 2. The standard InChI is InChI=1S/C34H32ClIN2O7S/c1-5-42-26-13-12-21(17-27(26)43-6-2)30-23(33(40)41-4)18-37-34-38(30)32(39)29(46-34)16-20-14-25(36)31(28(15-20)44-7-3)45-19-22-10-8-9-11-24(22)35/h8-18,30H,5-7,19H2,1-4H3/b29-16+/t30-/m1/s1. The van der Waals surface area contributed by atoms with Gasteiger partial charge in [0.2, 0.25) is 0 Å². The van der Waals surface area contributed by atoms with Gasteiger partial charge in [0.05, 0.1) is 46.6 Å². The number of benzene rings is 3. The quantitative estimate of drug-likeness (QED) is 0.128. The van der Waals surface area contributed by atoms with Crippen molar-refractivity contribution >= 4 is 57.6 Å². The molecular formula is C34H32ClIN2O7S. The topological polar surface area (TPSA) is 97.6 Å². The molecule has 0 bridgehead atoms. The van der Waals surface area contributed by atoms with Crippen molar-refractivity contribution in [3.8, 4) is 23.0 Å². The van der Waals surface area contributed by atoms with E-state index in [0.29, 0.717) is 62.7 Å². The largest absolute Gasteiger partial charge is 0.490 e. The average molecular weight is 775 g/mol. The molecule has 0 saturated carbocycles. The number of ether oxygens (including phenoxy) is 5. The Balaban J connectivity index is 1.58. The fraction of sp³-hybridized carbons (Fsp3) is 0.265. The van der Waals surface area contributed by atoms with Gasteiger partial charge in [-0.25, -0.2) is 9.79 Å². The fourth-order valence-corrected chi connectivity index (χ4v) is 6.92. The van der Waals surface area contributed by atoms with Crippen molar-refractivity contribution in [2.45, 2.75) is 33.4 Å². The number of hydrogen-bond donors (Lipinski definition) is 0. The predicted octanol–water partition coefficient (Wildman–Crippen LogP) is 6.05. The normalized spacial score (nSPS) is 14.2. The molecule has 0 radical (unpaired) electrons. The van der Waals surface area contributed by atoms with Crippen LogP contribution >= 0.6 is 45.5 Å². The van der Waals surface area contributed by atoms with E-state index in [1.807, 2.05) is 63.2 Å². The van der Waals surface area contributed by atoms with E-state index < -0.39 is 12.0 Å². The zero-order valence-electron chi connectivity index (χ0n) is 25.7. The summed E-state index contributed by atoms with van der Waals surface area (Å²) in [6.07, 6.45) is 3.25. The summed E-state index contributed by atoms with van der Waals surface area (Å²) in [5.41, 5.74) is 2.17. The van der Waals surface area contributed by atoms with Gasteiger partial charge in [0.1, 0.15) is 6.61 Å². The third-order valence-corrected chi connectivity index (χ3v) is 9.13. The highest BCUT2D eigenvalue weighted by Crippen LogP contribution is 2.37. The van der Waals surface area contributed by atoms with Gasteiger partial charge in [0.25, 0.3) is 5.56 Å². The Hall–Kier alpha value is -3.81. The van der Waals surface area contributed by atoms with Gasteiger partial charge in [-0.3, -0.25) is 9.36 Å². The minimum absolute atomic E-state index is 0.223. The van der Waals surface area contributed by atoms with Gasteiger partial charge in [-0.15, -0.1) is 0 Å². The minimum atomic E-state index is -0.791. The van der Waals surface area contributed by atoms with Crippen molar-refractivity contribution in [3.63, 3.8) is 0 Å². The van der Waals surface area contributed by atoms with Gasteiger partial charge in [-0.1, -0.05) is 47.2 Å². The maximum atomic E-state index is 14.1. The van der Waals surface area contributed by atoms with E-state index in [2.05, 4.69) is 27.6 Å². The lowest BCUT2D eigenvalue weighted by atomic mass is 9.97. The molecule has 0 saturated heterocycles. The number of carbonyl (C=O) groups excluding carboxylic acids is 1. The van der Waals surface area contributed by atoms with Crippen molar-refractivity contribution in [2.75, 3.05) is 26.9 Å². The molecule has 0 N–H and O–H groups in total. The van der Waals surface area contributed by atoms with Crippen molar-refractivity contribution in [1.29, 1.82) is 0 Å².